The van der Waals surface area contributed by atoms with Gasteiger partial charge in [0.05, 0.1) is 24.2 Å². The molecule has 2 nitrogen and oxygen atoms in total. The quantitative estimate of drug-likeness (QED) is 0.609. The zero-order valence-corrected chi connectivity index (χ0v) is 18.1. The molecule has 0 N–H and O–H groups in total. The van der Waals surface area contributed by atoms with Gasteiger partial charge in [0.25, 0.3) is 0 Å². The van der Waals surface area contributed by atoms with E-state index in [2.05, 4.69) is 79.7 Å². The molecule has 0 amide bonds. The molecular weight excluding hydrogens is 318 g/mol. The summed E-state index contributed by atoms with van der Waals surface area (Å²) in [7, 11) is 0. The first kappa shape index (κ1) is 21.0. The van der Waals surface area contributed by atoms with Gasteiger partial charge in [-0.2, -0.15) is 5.26 Å². The minimum atomic E-state index is -0.134. The number of nitrogens with zero attached hydrogens (tertiary/aromatic N) is 1. The molecule has 1 saturated heterocycles. The summed E-state index contributed by atoms with van der Waals surface area (Å²) >= 11 is 0. The van der Waals surface area contributed by atoms with Gasteiger partial charge in [-0.05, 0) is 66.5 Å². The van der Waals surface area contributed by atoms with Gasteiger partial charge in [-0.1, -0.05) is 59.7 Å². The summed E-state index contributed by atoms with van der Waals surface area (Å²) in [5.41, 5.74) is 4.07. The van der Waals surface area contributed by atoms with E-state index >= 15 is 0 Å². The maximum absolute atomic E-state index is 9.29. The number of nitriles is 1. The Morgan fingerprint density at radius 2 is 1.81 bits per heavy atom. The van der Waals surface area contributed by atoms with Gasteiger partial charge in [0.1, 0.15) is 0 Å². The largest absolute Gasteiger partial charge is 0.368 e. The van der Waals surface area contributed by atoms with Gasteiger partial charge >= 0.3 is 0 Å². The summed E-state index contributed by atoms with van der Waals surface area (Å²) in [5.74, 6) is 0.609. The van der Waals surface area contributed by atoms with E-state index in [1.165, 1.54) is 11.1 Å². The fourth-order valence-corrected chi connectivity index (χ4v) is 4.18. The van der Waals surface area contributed by atoms with Crippen LogP contribution in [-0.4, -0.2) is 5.60 Å². The highest BCUT2D eigenvalue weighted by Gasteiger charge is 2.40. The molecule has 1 fully saturated rings. The molecule has 0 spiro atoms. The molecule has 0 aromatic heterocycles. The third-order valence-corrected chi connectivity index (χ3v) is 5.48. The molecule has 1 aromatic carbocycles. The molecule has 2 atom stereocenters. The van der Waals surface area contributed by atoms with Gasteiger partial charge < -0.3 is 4.74 Å². The van der Waals surface area contributed by atoms with E-state index < -0.39 is 0 Å². The van der Waals surface area contributed by atoms with Crippen molar-refractivity contribution < 1.29 is 4.74 Å². The second-order valence-electron chi connectivity index (χ2n) is 11.0. The van der Waals surface area contributed by atoms with Crippen LogP contribution in [0.15, 0.2) is 18.2 Å². The van der Waals surface area contributed by atoms with Crippen LogP contribution in [0.25, 0.3) is 0 Å². The van der Waals surface area contributed by atoms with Crippen LogP contribution in [0.4, 0.5) is 0 Å². The van der Waals surface area contributed by atoms with Crippen LogP contribution in [0.2, 0.25) is 0 Å². The molecule has 0 saturated carbocycles. The van der Waals surface area contributed by atoms with Crippen LogP contribution < -0.4 is 0 Å². The predicted octanol–water partition coefficient (Wildman–Crippen LogP) is 6.63. The minimum Gasteiger partial charge on any atom is -0.368 e. The Labute approximate surface area is 161 Å². The van der Waals surface area contributed by atoms with Crippen molar-refractivity contribution in [3.05, 3.63) is 34.9 Å². The van der Waals surface area contributed by atoms with Crippen LogP contribution in [0.3, 0.4) is 0 Å². The van der Waals surface area contributed by atoms with E-state index in [-0.39, 0.29) is 22.5 Å². The molecule has 0 aliphatic carbocycles. The molecule has 1 aliphatic rings. The van der Waals surface area contributed by atoms with Crippen LogP contribution in [0, 0.1) is 28.1 Å². The van der Waals surface area contributed by atoms with Crippen molar-refractivity contribution in [1.29, 1.82) is 5.26 Å². The lowest BCUT2D eigenvalue weighted by Crippen LogP contribution is -2.40. The summed E-state index contributed by atoms with van der Waals surface area (Å²) in [6.45, 7) is 18.2. The lowest BCUT2D eigenvalue weighted by Gasteiger charge is -2.46. The monoisotopic (exact) mass is 355 g/mol. The van der Waals surface area contributed by atoms with Gasteiger partial charge in [0.2, 0.25) is 0 Å². The molecule has 1 heterocycles. The van der Waals surface area contributed by atoms with E-state index in [1.54, 1.807) is 0 Å². The molecule has 2 rings (SSSR count). The molecule has 2 heteroatoms. The van der Waals surface area contributed by atoms with Crippen LogP contribution >= 0.6 is 0 Å². The van der Waals surface area contributed by atoms with Crippen LogP contribution in [-0.2, 0) is 17.6 Å². The van der Waals surface area contributed by atoms with Crippen molar-refractivity contribution in [3.63, 3.8) is 0 Å². The molecule has 2 unspecified atom stereocenters. The Kier molecular flexibility index (Phi) is 5.93. The highest BCUT2D eigenvalue weighted by Crippen LogP contribution is 2.47. The van der Waals surface area contributed by atoms with Crippen LogP contribution in [0.1, 0.15) is 91.0 Å². The standard InChI is InChI=1S/C24H37NO/c1-22(2,3)15-17-9-10-18(11-12-25)20(13-17)21-14-19(23(4,5)6)16-24(7,8)26-21/h9-10,13,19,21H,11,14-16H2,1-8H3. The number of hydrogen-bond acceptors (Lipinski definition) is 2. The normalized spacial score (nSPS) is 23.5. The first-order valence-electron chi connectivity index (χ1n) is 9.97. The fraction of sp³-hybridized carbons (Fsp3) is 0.708. The maximum atomic E-state index is 9.29. The zero-order chi connectivity index (χ0) is 19.8. The SMILES string of the molecule is CC(C)(C)Cc1ccc(CC#N)c(C2CC(C(C)(C)C)CC(C)(C)O2)c1. The number of hydrogen-bond donors (Lipinski definition) is 0. The fourth-order valence-electron chi connectivity index (χ4n) is 4.18. The molecule has 0 radical (unpaired) electrons. The summed E-state index contributed by atoms with van der Waals surface area (Å²) in [4.78, 5) is 0. The molecule has 1 aromatic rings. The molecule has 26 heavy (non-hydrogen) atoms. The second-order valence-corrected chi connectivity index (χ2v) is 11.0. The third-order valence-electron chi connectivity index (χ3n) is 5.48. The van der Waals surface area contributed by atoms with Crippen molar-refractivity contribution in [2.75, 3.05) is 0 Å². The predicted molar refractivity (Wildman–Crippen MR) is 109 cm³/mol. The minimum absolute atomic E-state index is 0.0752. The van der Waals surface area contributed by atoms with Crippen molar-refractivity contribution in [1.82, 2.24) is 0 Å². The summed E-state index contributed by atoms with van der Waals surface area (Å²) < 4.78 is 6.55. The second kappa shape index (κ2) is 7.35. The van der Waals surface area contributed by atoms with E-state index in [0.29, 0.717) is 12.3 Å². The van der Waals surface area contributed by atoms with Crippen LogP contribution in [0.5, 0.6) is 0 Å². The Morgan fingerprint density at radius 1 is 1.15 bits per heavy atom. The van der Waals surface area contributed by atoms with E-state index in [0.717, 1.165) is 24.8 Å². The van der Waals surface area contributed by atoms with Crippen molar-refractivity contribution in [3.8, 4) is 6.07 Å². The summed E-state index contributed by atoms with van der Waals surface area (Å²) in [5, 5.41) is 9.29. The first-order chi connectivity index (χ1) is 11.8. The Hall–Kier alpha value is -1.33. The Bertz CT molecular complexity index is 667. The molecule has 0 bridgehead atoms. The zero-order valence-electron chi connectivity index (χ0n) is 18.1. The van der Waals surface area contributed by atoms with E-state index in [4.69, 9.17) is 4.74 Å². The third kappa shape index (κ3) is 5.58. The van der Waals surface area contributed by atoms with Gasteiger partial charge in [-0.15, -0.1) is 0 Å². The van der Waals surface area contributed by atoms with Gasteiger partial charge in [-0.3, -0.25) is 0 Å². The highest BCUT2D eigenvalue weighted by molar-refractivity contribution is 5.36. The number of ether oxygens (including phenoxy) is 1. The van der Waals surface area contributed by atoms with E-state index in [1.807, 2.05) is 0 Å². The number of rotatable bonds is 3. The Balaban J connectivity index is 2.43. The van der Waals surface area contributed by atoms with Crippen molar-refractivity contribution in [2.45, 2.75) is 92.8 Å². The van der Waals surface area contributed by atoms with Gasteiger partial charge in [0, 0.05) is 0 Å². The lowest BCUT2D eigenvalue weighted by molar-refractivity contribution is -0.143. The average Bonchev–Trinajstić information content (AvgIpc) is 2.45. The van der Waals surface area contributed by atoms with Gasteiger partial charge in [-0.25, -0.2) is 0 Å². The summed E-state index contributed by atoms with van der Waals surface area (Å²) in [6.07, 6.45) is 3.68. The summed E-state index contributed by atoms with van der Waals surface area (Å²) in [6, 6.07) is 8.99. The average molecular weight is 356 g/mol. The maximum Gasteiger partial charge on any atom is 0.0838 e. The first-order valence-corrected chi connectivity index (χ1v) is 9.97. The molecule has 1 aliphatic heterocycles. The van der Waals surface area contributed by atoms with Gasteiger partial charge in [0.15, 0.2) is 0 Å². The topological polar surface area (TPSA) is 33.0 Å². The van der Waals surface area contributed by atoms with Crippen molar-refractivity contribution in [2.24, 2.45) is 16.7 Å². The number of benzene rings is 1. The molecular formula is C24H37NO. The Morgan fingerprint density at radius 3 is 2.35 bits per heavy atom. The molecule has 144 valence electrons. The van der Waals surface area contributed by atoms with E-state index in [9.17, 15) is 5.26 Å². The lowest BCUT2D eigenvalue weighted by atomic mass is 9.70. The highest BCUT2D eigenvalue weighted by atomic mass is 16.5. The van der Waals surface area contributed by atoms with Crippen molar-refractivity contribution >= 4 is 0 Å². The smallest absolute Gasteiger partial charge is 0.0838 e.